The monoisotopic (exact) mass is 502 g/mol. The molecule has 0 aromatic carbocycles. The Morgan fingerprint density at radius 3 is 2.25 bits per heavy atom. The van der Waals surface area contributed by atoms with Gasteiger partial charge in [0, 0.05) is 50.9 Å². The van der Waals surface area contributed by atoms with E-state index >= 15 is 0 Å². The molecule has 1 aliphatic heterocycles. The average molecular weight is 503 g/mol. The van der Waals surface area contributed by atoms with Gasteiger partial charge in [0.1, 0.15) is 23.9 Å². The Bertz CT molecular complexity index is 1020. The molecule has 1 spiro atoms. The maximum atomic E-state index is 12.4. The minimum absolute atomic E-state index is 0.0608. The van der Waals surface area contributed by atoms with Crippen LogP contribution in [0.1, 0.15) is 86.0 Å². The summed E-state index contributed by atoms with van der Waals surface area (Å²) in [5.41, 5.74) is -0.151. The molecule has 4 fully saturated rings. The van der Waals surface area contributed by atoms with Crippen LogP contribution in [0.25, 0.3) is 0 Å². The Kier molecular flexibility index (Phi) is 6.03. The van der Waals surface area contributed by atoms with Gasteiger partial charge in [0.2, 0.25) is 0 Å². The van der Waals surface area contributed by atoms with Crippen molar-refractivity contribution in [1.29, 1.82) is 0 Å². The Morgan fingerprint density at radius 1 is 0.944 bits per heavy atom. The predicted octanol–water partition coefficient (Wildman–Crippen LogP) is 4.04. The lowest BCUT2D eigenvalue weighted by atomic mass is 9.45. The number of rotatable bonds is 3. The molecule has 9 atom stereocenters. The molecule has 3 unspecified atom stereocenters. The van der Waals surface area contributed by atoms with Gasteiger partial charge in [0.15, 0.2) is 0 Å². The first-order chi connectivity index (χ1) is 16.9. The molecule has 198 valence electrons. The third-order valence-electron chi connectivity index (χ3n) is 10.3. The minimum atomic E-state index is -0.573. The summed E-state index contributed by atoms with van der Waals surface area (Å²) >= 11 is 0. The van der Waals surface area contributed by atoms with E-state index in [0.29, 0.717) is 25.7 Å². The van der Waals surface area contributed by atoms with Gasteiger partial charge in [-0.3, -0.25) is 19.2 Å². The molecule has 0 bridgehead atoms. The van der Waals surface area contributed by atoms with Crippen LogP contribution in [0.2, 0.25) is 0 Å². The molecule has 36 heavy (non-hydrogen) atoms. The summed E-state index contributed by atoms with van der Waals surface area (Å²) in [4.78, 5) is 48.6. The molecule has 3 saturated carbocycles. The molecule has 8 heteroatoms. The zero-order valence-corrected chi connectivity index (χ0v) is 22.0. The van der Waals surface area contributed by atoms with E-state index in [9.17, 15) is 19.2 Å². The highest BCUT2D eigenvalue weighted by Gasteiger charge is 2.71. The second-order valence-corrected chi connectivity index (χ2v) is 12.1. The lowest BCUT2D eigenvalue weighted by Crippen LogP contribution is -2.63. The molecule has 0 N–H and O–H groups in total. The highest BCUT2D eigenvalue weighted by Crippen LogP contribution is 2.70. The van der Waals surface area contributed by atoms with Gasteiger partial charge in [-0.1, -0.05) is 19.4 Å². The SMILES string of the molecule is CC(=O)OC1CC[C@@]2(C)C(=C[C@H](OC(C)=O)[C@@H]3C2[C@H](OC(C)=O)C[C@@]2(C)[C@H]3CCC23CCC(=O)O3)C1. The Labute approximate surface area is 212 Å². The third kappa shape index (κ3) is 3.77. The molecule has 5 aliphatic rings. The van der Waals surface area contributed by atoms with Crippen LogP contribution in [-0.2, 0) is 38.1 Å². The normalized spacial score (nSPS) is 45.0. The fraction of sp³-hybridized carbons (Fsp3) is 0.786. The predicted molar refractivity (Wildman–Crippen MR) is 127 cm³/mol. The first kappa shape index (κ1) is 25.3. The molecule has 5 rings (SSSR count). The number of esters is 4. The fourth-order valence-corrected chi connectivity index (χ4v) is 8.92. The van der Waals surface area contributed by atoms with E-state index in [1.807, 2.05) is 0 Å². The topological polar surface area (TPSA) is 105 Å². The number of hydrogen-bond donors (Lipinski definition) is 0. The summed E-state index contributed by atoms with van der Waals surface area (Å²) in [6.45, 7) is 8.69. The van der Waals surface area contributed by atoms with Crippen LogP contribution in [0.5, 0.6) is 0 Å². The van der Waals surface area contributed by atoms with E-state index in [4.69, 9.17) is 18.9 Å². The highest BCUT2D eigenvalue weighted by molar-refractivity contribution is 5.72. The third-order valence-corrected chi connectivity index (χ3v) is 10.3. The summed E-state index contributed by atoms with van der Waals surface area (Å²) in [5.74, 6) is -1.16. The number of fused-ring (bicyclic) bond motifs is 6. The van der Waals surface area contributed by atoms with Crippen molar-refractivity contribution in [3.63, 3.8) is 0 Å². The van der Waals surface area contributed by atoms with E-state index < -0.39 is 23.2 Å². The Balaban J connectivity index is 1.61. The van der Waals surface area contributed by atoms with E-state index in [1.165, 1.54) is 20.8 Å². The van der Waals surface area contributed by atoms with Crippen LogP contribution in [0.3, 0.4) is 0 Å². The second kappa shape index (κ2) is 8.59. The zero-order chi connectivity index (χ0) is 26.0. The lowest BCUT2D eigenvalue weighted by molar-refractivity contribution is -0.209. The average Bonchev–Trinajstić information content (AvgIpc) is 3.27. The van der Waals surface area contributed by atoms with Gasteiger partial charge in [0.05, 0.1) is 0 Å². The number of carbonyl (C=O) groups excluding carboxylic acids is 4. The van der Waals surface area contributed by atoms with Crippen LogP contribution in [-0.4, -0.2) is 47.8 Å². The number of ether oxygens (including phenoxy) is 4. The smallest absolute Gasteiger partial charge is 0.306 e. The van der Waals surface area contributed by atoms with Crippen molar-refractivity contribution < 1.29 is 38.1 Å². The largest absolute Gasteiger partial charge is 0.462 e. The summed E-state index contributed by atoms with van der Waals surface area (Å²) in [7, 11) is 0. The quantitative estimate of drug-likeness (QED) is 0.323. The van der Waals surface area contributed by atoms with E-state index in [-0.39, 0.29) is 53.1 Å². The van der Waals surface area contributed by atoms with Gasteiger partial charge < -0.3 is 18.9 Å². The van der Waals surface area contributed by atoms with Crippen molar-refractivity contribution in [3.8, 4) is 0 Å². The first-order valence-electron chi connectivity index (χ1n) is 13.3. The van der Waals surface area contributed by atoms with Crippen molar-refractivity contribution in [2.45, 2.75) is 110 Å². The summed E-state index contributed by atoms with van der Waals surface area (Å²) < 4.78 is 23.7. The second-order valence-electron chi connectivity index (χ2n) is 12.1. The molecule has 4 aliphatic carbocycles. The molecule has 0 aromatic heterocycles. The van der Waals surface area contributed by atoms with Crippen molar-refractivity contribution in [2.24, 2.45) is 28.6 Å². The maximum Gasteiger partial charge on any atom is 0.306 e. The lowest BCUT2D eigenvalue weighted by Gasteiger charge is -2.62. The van der Waals surface area contributed by atoms with Gasteiger partial charge in [-0.15, -0.1) is 0 Å². The van der Waals surface area contributed by atoms with Crippen LogP contribution in [0, 0.1) is 28.6 Å². The summed E-state index contributed by atoms with van der Waals surface area (Å²) in [6.07, 6.45) is 6.38. The van der Waals surface area contributed by atoms with Gasteiger partial charge in [-0.05, 0) is 55.9 Å². The molecular formula is C28H38O8. The van der Waals surface area contributed by atoms with Crippen molar-refractivity contribution in [2.75, 3.05) is 0 Å². The van der Waals surface area contributed by atoms with Crippen molar-refractivity contribution in [1.82, 2.24) is 0 Å². The molecule has 1 saturated heterocycles. The van der Waals surface area contributed by atoms with Gasteiger partial charge in [-0.2, -0.15) is 0 Å². The standard InChI is InChI=1S/C28H38O8/c1-15(29)33-19-6-9-26(4)18(12-19)13-21(34-16(2)30)24-20-7-10-28(11-8-23(32)36-28)27(20,5)14-22(25(24)26)35-17(3)31/h13,19-22,24-25H,6-12,14H2,1-5H3/t19?,20-,21-,22+,24+,25?,26-,27-,28?/m0/s1. The fourth-order valence-electron chi connectivity index (χ4n) is 8.92. The minimum Gasteiger partial charge on any atom is -0.462 e. The van der Waals surface area contributed by atoms with E-state index in [0.717, 1.165) is 31.3 Å². The van der Waals surface area contributed by atoms with Crippen LogP contribution < -0.4 is 0 Å². The van der Waals surface area contributed by atoms with E-state index in [2.05, 4.69) is 19.9 Å². The molecule has 0 radical (unpaired) electrons. The number of hydrogen-bond acceptors (Lipinski definition) is 8. The van der Waals surface area contributed by atoms with Crippen molar-refractivity contribution >= 4 is 23.9 Å². The highest BCUT2D eigenvalue weighted by atomic mass is 16.6. The maximum absolute atomic E-state index is 12.4. The van der Waals surface area contributed by atoms with Crippen LogP contribution >= 0.6 is 0 Å². The summed E-state index contributed by atoms with van der Waals surface area (Å²) in [5, 5.41) is 0. The van der Waals surface area contributed by atoms with Crippen molar-refractivity contribution in [3.05, 3.63) is 11.6 Å². The number of carbonyl (C=O) groups is 4. The van der Waals surface area contributed by atoms with E-state index in [1.54, 1.807) is 0 Å². The molecular weight excluding hydrogens is 464 g/mol. The van der Waals surface area contributed by atoms with Gasteiger partial charge in [-0.25, -0.2) is 0 Å². The summed E-state index contributed by atoms with van der Waals surface area (Å²) in [6, 6.07) is 0. The first-order valence-corrected chi connectivity index (χ1v) is 13.3. The molecule has 0 amide bonds. The van der Waals surface area contributed by atoms with Crippen LogP contribution in [0.4, 0.5) is 0 Å². The molecule has 1 heterocycles. The zero-order valence-electron chi connectivity index (χ0n) is 22.0. The molecule has 0 aromatic rings. The van der Waals surface area contributed by atoms with Gasteiger partial charge >= 0.3 is 23.9 Å². The Morgan fingerprint density at radius 2 is 1.64 bits per heavy atom. The Hall–Kier alpha value is -2.38. The van der Waals surface area contributed by atoms with Gasteiger partial charge in [0.25, 0.3) is 0 Å². The van der Waals surface area contributed by atoms with Crippen LogP contribution in [0.15, 0.2) is 11.6 Å². The molecule has 8 nitrogen and oxygen atoms in total.